The van der Waals surface area contributed by atoms with Gasteiger partial charge in [0.1, 0.15) is 5.75 Å². The van der Waals surface area contributed by atoms with Crippen LogP contribution in [-0.4, -0.2) is 59.9 Å². The molecule has 0 aliphatic carbocycles. The van der Waals surface area contributed by atoms with E-state index in [1.165, 1.54) is 40.9 Å². The van der Waals surface area contributed by atoms with Crippen LogP contribution in [0.4, 0.5) is 18.9 Å². The van der Waals surface area contributed by atoms with Crippen molar-refractivity contribution in [1.82, 2.24) is 9.80 Å². The van der Waals surface area contributed by atoms with E-state index in [0.29, 0.717) is 17.1 Å². The first-order valence-electron chi connectivity index (χ1n) is 7.71. The van der Waals surface area contributed by atoms with Gasteiger partial charge in [-0.05, 0) is 31.2 Å². The molecule has 1 aliphatic rings. The van der Waals surface area contributed by atoms with E-state index in [1.54, 1.807) is 21.0 Å². The zero-order chi connectivity index (χ0) is 19.5. The summed E-state index contributed by atoms with van der Waals surface area (Å²) in [6.45, 7) is 2.01. The second kappa shape index (κ2) is 8.09. The van der Waals surface area contributed by atoms with Gasteiger partial charge in [-0.15, -0.1) is 13.2 Å². The van der Waals surface area contributed by atoms with Crippen LogP contribution in [0.2, 0.25) is 0 Å². The first-order chi connectivity index (χ1) is 12.1. The van der Waals surface area contributed by atoms with Crippen LogP contribution in [0.1, 0.15) is 6.92 Å². The zero-order valence-electron chi connectivity index (χ0n) is 14.5. The van der Waals surface area contributed by atoms with Crippen LogP contribution in [0.25, 0.3) is 0 Å². The third-order valence-electron chi connectivity index (χ3n) is 3.59. The number of benzene rings is 1. The molecule has 1 heterocycles. The Morgan fingerprint density at radius 1 is 1.35 bits per heavy atom. The normalized spacial score (nSPS) is 17.5. The minimum absolute atomic E-state index is 0.0993. The number of carbonyl (C=O) groups excluding carboxylic acids is 1. The molecule has 6 nitrogen and oxygen atoms in total. The van der Waals surface area contributed by atoms with Crippen LogP contribution >= 0.6 is 11.8 Å². The van der Waals surface area contributed by atoms with E-state index < -0.39 is 6.36 Å². The number of aliphatic hydroxyl groups excluding tert-OH is 1. The van der Waals surface area contributed by atoms with Gasteiger partial charge in [0.05, 0.1) is 11.5 Å². The molecular formula is C16H20F3N3O3S. The van der Waals surface area contributed by atoms with Crippen molar-refractivity contribution >= 4 is 23.4 Å². The fraction of sp³-hybridized carbons (Fsp3) is 0.438. The van der Waals surface area contributed by atoms with E-state index in [1.807, 2.05) is 4.90 Å². The van der Waals surface area contributed by atoms with E-state index in [0.717, 1.165) is 5.70 Å². The number of likely N-dealkylation sites (N-methyl/N-ethyl adjacent to an activating group) is 1. The first kappa shape index (κ1) is 20.2. The quantitative estimate of drug-likeness (QED) is 0.777. The number of β-amino-alcohol motifs (C(OH)–C–C–N with tert-alkyl or cyclic N) is 1. The number of carbonyl (C=O) groups is 1. The number of thioether (sulfide) groups is 1. The Morgan fingerprint density at radius 3 is 2.46 bits per heavy atom. The molecule has 26 heavy (non-hydrogen) atoms. The molecule has 10 heteroatoms. The maximum Gasteiger partial charge on any atom is 0.573 e. The summed E-state index contributed by atoms with van der Waals surface area (Å²) in [5.74, 6) is -0.458. The highest BCUT2D eigenvalue weighted by Crippen LogP contribution is 2.39. The maximum atomic E-state index is 12.3. The van der Waals surface area contributed by atoms with Gasteiger partial charge < -0.3 is 25.0 Å². The summed E-state index contributed by atoms with van der Waals surface area (Å²) in [5, 5.41) is 12.4. The molecule has 144 valence electrons. The molecule has 0 saturated carbocycles. The summed E-state index contributed by atoms with van der Waals surface area (Å²) in [4.78, 5) is 16.1. The van der Waals surface area contributed by atoms with Gasteiger partial charge in [-0.2, -0.15) is 0 Å². The largest absolute Gasteiger partial charge is 0.573 e. The fourth-order valence-electron chi connectivity index (χ4n) is 2.37. The van der Waals surface area contributed by atoms with Gasteiger partial charge in [0.2, 0.25) is 0 Å². The van der Waals surface area contributed by atoms with Crippen LogP contribution in [0, 0.1) is 0 Å². The number of hydrogen-bond acceptors (Lipinski definition) is 6. The van der Waals surface area contributed by atoms with E-state index in [-0.39, 0.29) is 23.8 Å². The molecule has 1 aromatic rings. The molecule has 0 saturated heterocycles. The summed E-state index contributed by atoms with van der Waals surface area (Å²) in [5.41, 5.74) is 0.930. The van der Waals surface area contributed by atoms with Crippen molar-refractivity contribution in [1.29, 1.82) is 0 Å². The lowest BCUT2D eigenvalue weighted by molar-refractivity contribution is -0.274. The van der Waals surface area contributed by atoms with E-state index in [2.05, 4.69) is 10.1 Å². The number of anilines is 1. The number of nitrogens with one attached hydrogen (secondary N) is 1. The van der Waals surface area contributed by atoms with Gasteiger partial charge >= 0.3 is 6.36 Å². The Kier molecular flexibility index (Phi) is 6.30. The molecule has 1 amide bonds. The van der Waals surface area contributed by atoms with Crippen molar-refractivity contribution in [3.05, 3.63) is 34.9 Å². The van der Waals surface area contributed by atoms with E-state index in [4.69, 9.17) is 0 Å². The average Bonchev–Trinajstić information content (AvgIpc) is 2.84. The fourth-order valence-corrected chi connectivity index (χ4v) is 3.75. The van der Waals surface area contributed by atoms with Crippen LogP contribution in [0.5, 0.6) is 5.75 Å². The lowest BCUT2D eigenvalue weighted by Gasteiger charge is -2.28. The van der Waals surface area contributed by atoms with Crippen molar-refractivity contribution in [3.8, 4) is 5.75 Å². The molecule has 2 N–H and O–H groups in total. The molecule has 1 atom stereocenters. The number of amides is 1. The molecule has 1 aliphatic heterocycles. The third-order valence-corrected chi connectivity index (χ3v) is 4.89. The summed E-state index contributed by atoms with van der Waals surface area (Å²) >= 11 is 1.29. The summed E-state index contributed by atoms with van der Waals surface area (Å²) in [7, 11) is 3.30. The summed E-state index contributed by atoms with van der Waals surface area (Å²) in [6.07, 6.45) is -4.74. The number of ether oxygens (including phenoxy) is 1. The van der Waals surface area contributed by atoms with Crippen LogP contribution in [-0.2, 0) is 4.79 Å². The standard InChI is InChI=1S/C16H20F3N3O3S/c1-10-13(14(24)21(2)3)26-15(22(10)8-9-23)20-11-4-6-12(7-5-11)25-16(17,18)19/h4-7,15,20,23H,8-9H2,1-3H3. The first-order valence-corrected chi connectivity index (χ1v) is 8.59. The summed E-state index contributed by atoms with van der Waals surface area (Å²) in [6, 6.07) is 5.33. The Hall–Kier alpha value is -2.07. The zero-order valence-corrected chi connectivity index (χ0v) is 15.3. The molecule has 1 unspecified atom stereocenters. The molecule has 1 aromatic carbocycles. The Balaban J connectivity index is 2.12. The van der Waals surface area contributed by atoms with Gasteiger partial charge in [-0.3, -0.25) is 4.79 Å². The lowest BCUT2D eigenvalue weighted by atomic mass is 10.3. The second-order valence-electron chi connectivity index (χ2n) is 5.72. The lowest BCUT2D eigenvalue weighted by Crippen LogP contribution is -2.35. The highest BCUT2D eigenvalue weighted by Gasteiger charge is 2.34. The highest BCUT2D eigenvalue weighted by molar-refractivity contribution is 8.04. The average molecular weight is 391 g/mol. The molecule has 2 rings (SSSR count). The van der Waals surface area contributed by atoms with Gasteiger partial charge in [0.15, 0.2) is 5.50 Å². The van der Waals surface area contributed by atoms with E-state index >= 15 is 0 Å². The van der Waals surface area contributed by atoms with Gasteiger partial charge in [0.25, 0.3) is 5.91 Å². The molecule has 0 fully saturated rings. The van der Waals surface area contributed by atoms with Crippen LogP contribution < -0.4 is 10.1 Å². The predicted octanol–water partition coefficient (Wildman–Crippen LogP) is 2.64. The minimum Gasteiger partial charge on any atom is -0.406 e. The number of alkyl halides is 3. The third kappa shape index (κ3) is 4.98. The van der Waals surface area contributed by atoms with Crippen molar-refractivity contribution < 1.29 is 27.8 Å². The van der Waals surface area contributed by atoms with Gasteiger partial charge in [-0.25, -0.2) is 0 Å². The van der Waals surface area contributed by atoms with Gasteiger partial charge in [-0.1, -0.05) is 11.8 Å². The Bertz CT molecular complexity index is 678. The highest BCUT2D eigenvalue weighted by atomic mass is 32.2. The molecule has 0 bridgehead atoms. The van der Waals surface area contributed by atoms with Gasteiger partial charge in [0, 0.05) is 32.0 Å². The van der Waals surface area contributed by atoms with Crippen molar-refractivity contribution in [2.45, 2.75) is 18.8 Å². The molecular weight excluding hydrogens is 371 g/mol. The predicted molar refractivity (Wildman–Crippen MR) is 93.3 cm³/mol. The summed E-state index contributed by atoms with van der Waals surface area (Å²) < 4.78 is 40.5. The smallest absolute Gasteiger partial charge is 0.406 e. The number of nitrogens with zero attached hydrogens (tertiary/aromatic N) is 2. The van der Waals surface area contributed by atoms with Crippen molar-refractivity contribution in [3.63, 3.8) is 0 Å². The number of aliphatic hydroxyl groups is 1. The maximum absolute atomic E-state index is 12.3. The number of rotatable bonds is 6. The van der Waals surface area contributed by atoms with Crippen LogP contribution in [0.15, 0.2) is 34.9 Å². The SMILES string of the molecule is CC1=C(C(=O)N(C)C)SC(Nc2ccc(OC(F)(F)F)cc2)N1CCO. The number of hydrogen-bond donors (Lipinski definition) is 2. The topological polar surface area (TPSA) is 65.0 Å². The monoisotopic (exact) mass is 391 g/mol. The van der Waals surface area contributed by atoms with Crippen molar-refractivity contribution in [2.24, 2.45) is 0 Å². The van der Waals surface area contributed by atoms with Crippen molar-refractivity contribution in [2.75, 3.05) is 32.6 Å². The number of allylic oxidation sites excluding steroid dienone is 1. The Morgan fingerprint density at radius 2 is 1.96 bits per heavy atom. The Labute approximate surface area is 153 Å². The van der Waals surface area contributed by atoms with Crippen LogP contribution in [0.3, 0.4) is 0 Å². The number of halogens is 3. The van der Waals surface area contributed by atoms with E-state index in [9.17, 15) is 23.1 Å². The minimum atomic E-state index is -4.74. The molecule has 0 aromatic heterocycles. The second-order valence-corrected chi connectivity index (χ2v) is 6.81. The molecule has 0 radical (unpaired) electrons. The molecule has 0 spiro atoms.